The summed E-state index contributed by atoms with van der Waals surface area (Å²) >= 11 is 0. The molecule has 1 N–H and O–H groups in total. The molecule has 0 fully saturated rings. The van der Waals surface area contributed by atoms with Gasteiger partial charge in [-0.25, -0.2) is 0 Å². The Hall–Kier alpha value is -4.74. The number of aromatic amines is 1. The topological polar surface area (TPSA) is 112 Å². The van der Waals surface area contributed by atoms with Crippen molar-refractivity contribution in [2.24, 2.45) is 0 Å². The van der Waals surface area contributed by atoms with Crippen LogP contribution in [0.5, 0.6) is 0 Å². The van der Waals surface area contributed by atoms with E-state index in [1.165, 1.54) is 19.3 Å². The molecule has 3 aromatic carbocycles. The zero-order valence-electron chi connectivity index (χ0n) is 20.1. The van der Waals surface area contributed by atoms with Gasteiger partial charge in [-0.2, -0.15) is 5.26 Å². The maximum atomic E-state index is 13.1. The van der Waals surface area contributed by atoms with Gasteiger partial charge in [-0.15, -0.1) is 0 Å². The SMILES string of the molecule is COC(=O)[C@@H]1Cc2c([nH]c3ccccc23)[C@@H](c2ccccc2)N1C/C(C#N)=C/c1ccccc1[N+](=O)[O-]. The van der Waals surface area contributed by atoms with E-state index in [9.17, 15) is 20.2 Å². The van der Waals surface area contributed by atoms with Crippen molar-refractivity contribution >= 4 is 28.6 Å². The maximum absolute atomic E-state index is 13.1. The van der Waals surface area contributed by atoms with Crippen LogP contribution >= 0.6 is 0 Å². The van der Waals surface area contributed by atoms with E-state index in [1.807, 2.05) is 59.5 Å². The van der Waals surface area contributed by atoms with Crippen LogP contribution in [0.4, 0.5) is 5.69 Å². The number of ether oxygens (including phenoxy) is 1. The van der Waals surface area contributed by atoms with Crippen molar-refractivity contribution in [2.45, 2.75) is 18.5 Å². The number of nitro groups is 1. The molecule has 2 atom stereocenters. The summed E-state index contributed by atoms with van der Waals surface area (Å²) in [4.78, 5) is 29.7. The van der Waals surface area contributed by atoms with Gasteiger partial charge >= 0.3 is 5.97 Å². The average molecular weight is 493 g/mol. The summed E-state index contributed by atoms with van der Waals surface area (Å²) in [6.07, 6.45) is 1.93. The average Bonchev–Trinajstić information content (AvgIpc) is 3.30. The number of carbonyl (C=O) groups excluding carboxylic acids is 1. The molecule has 4 aromatic rings. The highest BCUT2D eigenvalue weighted by molar-refractivity contribution is 5.87. The number of nitriles is 1. The lowest BCUT2D eigenvalue weighted by Gasteiger charge is -2.40. The largest absolute Gasteiger partial charge is 0.468 e. The van der Waals surface area contributed by atoms with Gasteiger partial charge in [0.05, 0.1) is 29.7 Å². The molecule has 1 aliphatic rings. The summed E-state index contributed by atoms with van der Waals surface area (Å²) in [5.74, 6) is -0.403. The van der Waals surface area contributed by atoms with E-state index in [2.05, 4.69) is 11.1 Å². The van der Waals surface area contributed by atoms with Gasteiger partial charge in [0.15, 0.2) is 0 Å². The van der Waals surface area contributed by atoms with Crippen LogP contribution in [0.15, 0.2) is 84.4 Å². The highest BCUT2D eigenvalue weighted by Crippen LogP contribution is 2.41. The van der Waals surface area contributed by atoms with Crippen molar-refractivity contribution in [2.75, 3.05) is 13.7 Å². The molecule has 2 heterocycles. The molecule has 1 aromatic heterocycles. The number of fused-ring (bicyclic) bond motifs is 3. The Bertz CT molecular complexity index is 1550. The normalized spacial score (nSPS) is 17.7. The summed E-state index contributed by atoms with van der Waals surface area (Å²) < 4.78 is 5.21. The van der Waals surface area contributed by atoms with Gasteiger partial charge in [-0.05, 0) is 29.3 Å². The van der Waals surface area contributed by atoms with Crippen molar-refractivity contribution < 1.29 is 14.5 Å². The number of carbonyl (C=O) groups is 1. The van der Waals surface area contributed by atoms with E-state index >= 15 is 0 Å². The second-order valence-corrected chi connectivity index (χ2v) is 8.89. The van der Waals surface area contributed by atoms with Crippen LogP contribution in [0.3, 0.4) is 0 Å². The number of hydrogen-bond acceptors (Lipinski definition) is 6. The van der Waals surface area contributed by atoms with Crippen molar-refractivity contribution in [3.63, 3.8) is 0 Å². The quantitative estimate of drug-likeness (QED) is 0.172. The van der Waals surface area contributed by atoms with E-state index in [4.69, 9.17) is 4.74 Å². The maximum Gasteiger partial charge on any atom is 0.323 e. The third-order valence-electron chi connectivity index (χ3n) is 6.80. The first-order valence-corrected chi connectivity index (χ1v) is 11.8. The van der Waals surface area contributed by atoms with Crippen molar-refractivity contribution in [1.29, 1.82) is 5.26 Å². The number of hydrogen-bond donors (Lipinski definition) is 1. The summed E-state index contributed by atoms with van der Waals surface area (Å²) in [7, 11) is 1.36. The lowest BCUT2D eigenvalue weighted by atomic mass is 9.87. The van der Waals surface area contributed by atoms with Gasteiger partial charge in [-0.1, -0.05) is 60.7 Å². The predicted octanol–water partition coefficient (Wildman–Crippen LogP) is 5.17. The Labute approximate surface area is 213 Å². The number of para-hydroxylation sites is 2. The van der Waals surface area contributed by atoms with Crippen molar-refractivity contribution in [3.8, 4) is 6.07 Å². The predicted molar refractivity (Wildman–Crippen MR) is 139 cm³/mol. The molecule has 1 aliphatic heterocycles. The lowest BCUT2D eigenvalue weighted by Crippen LogP contribution is -2.49. The van der Waals surface area contributed by atoms with E-state index in [-0.39, 0.29) is 18.3 Å². The molecule has 0 bridgehead atoms. The molecule has 8 nitrogen and oxygen atoms in total. The first-order chi connectivity index (χ1) is 18.0. The Morgan fingerprint density at radius 2 is 1.84 bits per heavy atom. The second-order valence-electron chi connectivity index (χ2n) is 8.89. The number of methoxy groups -OCH3 is 1. The number of H-pyrrole nitrogens is 1. The fourth-order valence-electron chi connectivity index (χ4n) is 5.15. The first kappa shape index (κ1) is 24.0. The van der Waals surface area contributed by atoms with E-state index in [0.29, 0.717) is 17.6 Å². The molecule has 0 unspecified atom stereocenters. The molecule has 184 valence electrons. The van der Waals surface area contributed by atoms with Gasteiger partial charge in [0.1, 0.15) is 6.04 Å². The molecule has 0 amide bonds. The number of rotatable bonds is 6. The number of benzene rings is 3. The summed E-state index contributed by atoms with van der Waals surface area (Å²) in [5.41, 5.74) is 4.45. The highest BCUT2D eigenvalue weighted by Gasteiger charge is 2.41. The van der Waals surface area contributed by atoms with Crippen LogP contribution in [0.1, 0.15) is 28.4 Å². The van der Waals surface area contributed by atoms with Gasteiger partial charge < -0.3 is 9.72 Å². The smallest absolute Gasteiger partial charge is 0.323 e. The fourth-order valence-corrected chi connectivity index (χ4v) is 5.15. The minimum Gasteiger partial charge on any atom is -0.468 e. The minimum absolute atomic E-state index is 0.0871. The van der Waals surface area contributed by atoms with Crippen LogP contribution in [-0.4, -0.2) is 40.5 Å². The molecular weight excluding hydrogens is 468 g/mol. The van der Waals surface area contributed by atoms with Gasteiger partial charge in [0.2, 0.25) is 0 Å². The third-order valence-corrected chi connectivity index (χ3v) is 6.80. The van der Waals surface area contributed by atoms with E-state index < -0.39 is 16.9 Å². The first-order valence-electron chi connectivity index (χ1n) is 11.8. The van der Waals surface area contributed by atoms with Gasteiger partial charge in [0.25, 0.3) is 5.69 Å². The zero-order valence-corrected chi connectivity index (χ0v) is 20.1. The number of nitrogens with one attached hydrogen (secondary N) is 1. The fraction of sp³-hybridized carbons (Fsp3) is 0.172. The molecule has 8 heteroatoms. The van der Waals surface area contributed by atoms with Crippen molar-refractivity contribution in [1.82, 2.24) is 9.88 Å². The minimum atomic E-state index is -0.663. The summed E-state index contributed by atoms with van der Waals surface area (Å²) in [6, 6.07) is 25.2. The lowest BCUT2D eigenvalue weighted by molar-refractivity contribution is -0.385. The monoisotopic (exact) mass is 492 g/mol. The van der Waals surface area contributed by atoms with Gasteiger partial charge in [-0.3, -0.25) is 19.8 Å². The Balaban J connectivity index is 1.67. The zero-order chi connectivity index (χ0) is 25.9. The molecule has 0 saturated carbocycles. The van der Waals surface area contributed by atoms with E-state index in [0.717, 1.165) is 27.7 Å². The van der Waals surface area contributed by atoms with E-state index in [1.54, 1.807) is 18.2 Å². The number of nitro benzene ring substituents is 1. The Kier molecular flexibility index (Phi) is 6.54. The van der Waals surface area contributed by atoms with Crippen LogP contribution in [-0.2, 0) is 16.0 Å². The standard InChI is InChI=1S/C29H24N4O4/c1-37-29(34)26-16-23-22-12-6-7-13-24(22)31-27(23)28(20-9-3-2-4-10-20)32(26)18-19(17-30)15-21-11-5-8-14-25(21)33(35)36/h2-15,26,28,31H,16,18H2,1H3/b19-15+/t26-,28+/m0/s1. The molecule has 5 rings (SSSR count). The number of esters is 1. The highest BCUT2D eigenvalue weighted by atomic mass is 16.6. The second kappa shape index (κ2) is 10.1. The Morgan fingerprint density at radius 1 is 1.14 bits per heavy atom. The summed E-state index contributed by atoms with van der Waals surface area (Å²) in [6.45, 7) is 0.0939. The van der Waals surface area contributed by atoms with Crippen LogP contribution in [0.2, 0.25) is 0 Å². The molecule has 0 saturated heterocycles. The molecule has 0 aliphatic carbocycles. The molecule has 0 spiro atoms. The Morgan fingerprint density at radius 3 is 2.57 bits per heavy atom. The van der Waals surface area contributed by atoms with Gasteiger partial charge in [0, 0.05) is 41.2 Å². The third kappa shape index (κ3) is 4.48. The summed E-state index contributed by atoms with van der Waals surface area (Å²) in [5, 5.41) is 22.6. The molecule has 0 radical (unpaired) electrons. The molecule has 37 heavy (non-hydrogen) atoms. The number of nitrogens with zero attached hydrogens (tertiary/aromatic N) is 3. The van der Waals surface area contributed by atoms with Crippen LogP contribution in [0, 0.1) is 21.4 Å². The van der Waals surface area contributed by atoms with Crippen LogP contribution < -0.4 is 0 Å². The van der Waals surface area contributed by atoms with Crippen LogP contribution in [0.25, 0.3) is 17.0 Å². The molecular formula is C29H24N4O4. The number of aromatic nitrogens is 1. The van der Waals surface area contributed by atoms with Crippen molar-refractivity contribution in [3.05, 3.63) is 117 Å².